The molecule has 8 heteroatoms. The number of methoxy groups -OCH3 is 1. The first kappa shape index (κ1) is 21.5. The second kappa shape index (κ2) is 8.53. The van der Waals surface area contributed by atoms with Crippen molar-refractivity contribution in [2.24, 2.45) is 11.8 Å². The SMILES string of the molecule is COC(=O)[C@@H]1[C@@H](CO)[C@@H]2Cn3c(ccc(-c4ccccc4F)c3=O)[C@H]1N2Cc1ccncc1. The van der Waals surface area contributed by atoms with Crippen molar-refractivity contribution in [1.82, 2.24) is 14.5 Å². The number of halogens is 1. The average molecular weight is 449 g/mol. The van der Waals surface area contributed by atoms with Gasteiger partial charge in [-0.15, -0.1) is 0 Å². The highest BCUT2D eigenvalue weighted by atomic mass is 19.1. The molecule has 7 nitrogen and oxygen atoms in total. The van der Waals surface area contributed by atoms with Crippen molar-refractivity contribution in [3.63, 3.8) is 0 Å². The highest BCUT2D eigenvalue weighted by Gasteiger charge is 2.56. The largest absolute Gasteiger partial charge is 0.469 e. The normalized spacial score (nSPS) is 23.8. The second-order valence-corrected chi connectivity index (χ2v) is 8.50. The van der Waals surface area contributed by atoms with E-state index < -0.39 is 29.7 Å². The average Bonchev–Trinajstić information content (AvgIpc) is 3.04. The molecule has 2 aromatic heterocycles. The predicted molar refractivity (Wildman–Crippen MR) is 118 cm³/mol. The van der Waals surface area contributed by atoms with E-state index >= 15 is 0 Å². The Morgan fingerprint density at radius 1 is 1.15 bits per heavy atom. The molecule has 0 spiro atoms. The van der Waals surface area contributed by atoms with Crippen LogP contribution < -0.4 is 5.56 Å². The Kier molecular flexibility index (Phi) is 5.55. The standard InChI is InChI=1S/C25H24FN3O4/c1-33-25(32)22-18(14-30)21-13-29-20(23(22)28(21)12-15-8-10-27-11-9-15)7-6-17(24(29)31)16-4-2-3-5-19(16)26/h2-11,18,21-23,30H,12-14H2,1H3/t18-,21-,22+,23+/m0/s1. The minimum Gasteiger partial charge on any atom is -0.469 e. The van der Waals surface area contributed by atoms with Crippen LogP contribution in [0, 0.1) is 17.7 Å². The molecule has 33 heavy (non-hydrogen) atoms. The topological polar surface area (TPSA) is 84.7 Å². The maximum atomic E-state index is 14.4. The summed E-state index contributed by atoms with van der Waals surface area (Å²) in [6.07, 6.45) is 3.42. The molecule has 0 unspecified atom stereocenters. The van der Waals surface area contributed by atoms with E-state index in [4.69, 9.17) is 4.74 Å². The number of ether oxygens (including phenoxy) is 1. The summed E-state index contributed by atoms with van der Waals surface area (Å²) >= 11 is 0. The van der Waals surface area contributed by atoms with Gasteiger partial charge in [0.25, 0.3) is 5.56 Å². The number of aliphatic hydroxyl groups is 1. The zero-order valence-corrected chi connectivity index (χ0v) is 18.1. The van der Waals surface area contributed by atoms with Gasteiger partial charge in [0.1, 0.15) is 5.82 Å². The van der Waals surface area contributed by atoms with E-state index in [9.17, 15) is 19.1 Å². The Labute approximate surface area is 190 Å². The number of carbonyl (C=O) groups excluding carboxylic acids is 1. The molecule has 3 aromatic rings. The first-order valence-electron chi connectivity index (χ1n) is 10.9. The molecule has 2 aliphatic heterocycles. The molecule has 0 aliphatic carbocycles. The monoisotopic (exact) mass is 449 g/mol. The van der Waals surface area contributed by atoms with Gasteiger partial charge in [0.15, 0.2) is 0 Å². The summed E-state index contributed by atoms with van der Waals surface area (Å²) in [7, 11) is 1.33. The zero-order chi connectivity index (χ0) is 23.1. The molecule has 2 aliphatic rings. The number of aromatic nitrogens is 2. The third-order valence-electron chi connectivity index (χ3n) is 6.92. The fourth-order valence-corrected chi connectivity index (χ4v) is 5.43. The summed E-state index contributed by atoms with van der Waals surface area (Å²) in [5.41, 5.74) is 1.89. The summed E-state index contributed by atoms with van der Waals surface area (Å²) in [5.74, 6) is -1.91. The summed E-state index contributed by atoms with van der Waals surface area (Å²) in [6, 6.07) is 12.7. The lowest BCUT2D eigenvalue weighted by Crippen LogP contribution is -2.46. The minimum absolute atomic E-state index is 0.212. The number of esters is 1. The maximum Gasteiger partial charge on any atom is 0.311 e. The van der Waals surface area contributed by atoms with Crippen LogP contribution in [0.5, 0.6) is 0 Å². The molecular formula is C25H24FN3O4. The van der Waals surface area contributed by atoms with E-state index in [0.29, 0.717) is 12.2 Å². The van der Waals surface area contributed by atoms with Crippen molar-refractivity contribution < 1.29 is 19.0 Å². The van der Waals surface area contributed by atoms with Gasteiger partial charge in [0, 0.05) is 55.3 Å². The highest BCUT2D eigenvalue weighted by Crippen LogP contribution is 2.49. The Morgan fingerprint density at radius 2 is 1.91 bits per heavy atom. The van der Waals surface area contributed by atoms with Crippen LogP contribution >= 0.6 is 0 Å². The number of hydrogen-bond acceptors (Lipinski definition) is 6. The van der Waals surface area contributed by atoms with Gasteiger partial charge in [0.2, 0.25) is 0 Å². The smallest absolute Gasteiger partial charge is 0.311 e. The fraction of sp³-hybridized carbons (Fsp3) is 0.320. The first-order chi connectivity index (χ1) is 16.0. The molecule has 1 fully saturated rings. The van der Waals surface area contributed by atoms with Crippen molar-refractivity contribution >= 4 is 5.97 Å². The van der Waals surface area contributed by atoms with E-state index in [1.165, 1.54) is 13.2 Å². The minimum atomic E-state index is -0.626. The molecule has 170 valence electrons. The molecule has 0 saturated carbocycles. The zero-order valence-electron chi connectivity index (χ0n) is 18.1. The van der Waals surface area contributed by atoms with Gasteiger partial charge in [-0.25, -0.2) is 4.39 Å². The number of pyridine rings is 2. The van der Waals surface area contributed by atoms with E-state index in [1.54, 1.807) is 47.3 Å². The second-order valence-electron chi connectivity index (χ2n) is 8.50. The highest BCUT2D eigenvalue weighted by molar-refractivity contribution is 5.75. The number of carbonyl (C=O) groups is 1. The quantitative estimate of drug-likeness (QED) is 0.602. The van der Waals surface area contributed by atoms with Crippen molar-refractivity contribution in [2.45, 2.75) is 25.2 Å². The van der Waals surface area contributed by atoms with Gasteiger partial charge in [-0.1, -0.05) is 18.2 Å². The first-order valence-corrected chi connectivity index (χ1v) is 10.9. The molecule has 4 atom stereocenters. The van der Waals surface area contributed by atoms with Gasteiger partial charge >= 0.3 is 5.97 Å². The fourth-order valence-electron chi connectivity index (χ4n) is 5.43. The van der Waals surface area contributed by atoms with Crippen molar-refractivity contribution in [1.29, 1.82) is 0 Å². The van der Waals surface area contributed by atoms with Gasteiger partial charge in [-0.05, 0) is 35.9 Å². The van der Waals surface area contributed by atoms with E-state index in [0.717, 1.165) is 5.56 Å². The van der Waals surface area contributed by atoms with Gasteiger partial charge < -0.3 is 14.4 Å². The number of fused-ring (bicyclic) bond motifs is 4. The van der Waals surface area contributed by atoms with Gasteiger partial charge in [0.05, 0.1) is 24.6 Å². The van der Waals surface area contributed by atoms with Crippen LogP contribution in [-0.2, 0) is 22.6 Å². The Balaban J connectivity index is 1.65. The number of hydrogen-bond donors (Lipinski definition) is 1. The number of nitrogens with zero attached hydrogens (tertiary/aromatic N) is 3. The summed E-state index contributed by atoms with van der Waals surface area (Å²) in [6.45, 7) is 0.610. The predicted octanol–water partition coefficient (Wildman–Crippen LogP) is 2.39. The summed E-state index contributed by atoms with van der Waals surface area (Å²) < 4.78 is 21.2. The van der Waals surface area contributed by atoms with E-state index in [1.807, 2.05) is 12.1 Å². The Bertz CT molecular complexity index is 1250. The van der Waals surface area contributed by atoms with Crippen LogP contribution in [0.4, 0.5) is 4.39 Å². The lowest BCUT2D eigenvalue weighted by Gasteiger charge is -2.38. The van der Waals surface area contributed by atoms with Gasteiger partial charge in [-0.3, -0.25) is 19.5 Å². The molecule has 0 radical (unpaired) electrons. The Morgan fingerprint density at radius 3 is 2.61 bits per heavy atom. The third kappa shape index (κ3) is 3.46. The number of aliphatic hydroxyl groups excluding tert-OH is 1. The van der Waals surface area contributed by atoms with Crippen LogP contribution in [0.1, 0.15) is 17.3 Å². The molecule has 2 bridgehead atoms. The van der Waals surface area contributed by atoms with E-state index in [-0.39, 0.29) is 35.9 Å². The lowest BCUT2D eigenvalue weighted by atomic mass is 9.87. The van der Waals surface area contributed by atoms with Crippen LogP contribution in [0.3, 0.4) is 0 Å². The molecule has 1 aromatic carbocycles. The van der Waals surface area contributed by atoms with E-state index in [2.05, 4.69) is 9.88 Å². The van der Waals surface area contributed by atoms with Crippen molar-refractivity contribution in [3.8, 4) is 11.1 Å². The third-order valence-corrected chi connectivity index (χ3v) is 6.92. The van der Waals surface area contributed by atoms with Crippen molar-refractivity contribution in [3.05, 3.63) is 88.4 Å². The van der Waals surface area contributed by atoms with Crippen LogP contribution in [0.2, 0.25) is 0 Å². The van der Waals surface area contributed by atoms with Crippen LogP contribution in [0.25, 0.3) is 11.1 Å². The molecule has 1 saturated heterocycles. The van der Waals surface area contributed by atoms with Crippen LogP contribution in [0.15, 0.2) is 65.7 Å². The molecular weight excluding hydrogens is 425 g/mol. The molecule has 4 heterocycles. The molecule has 5 rings (SSSR count). The lowest BCUT2D eigenvalue weighted by molar-refractivity contribution is -0.148. The Hall–Kier alpha value is -3.36. The molecule has 0 amide bonds. The molecule has 1 N–H and O–H groups in total. The van der Waals surface area contributed by atoms with Crippen LogP contribution in [-0.4, -0.2) is 45.3 Å². The van der Waals surface area contributed by atoms with Crippen molar-refractivity contribution in [2.75, 3.05) is 13.7 Å². The summed E-state index contributed by atoms with van der Waals surface area (Å²) in [4.78, 5) is 32.6. The maximum absolute atomic E-state index is 14.4. The number of rotatable bonds is 5. The number of benzene rings is 1. The summed E-state index contributed by atoms with van der Waals surface area (Å²) in [5, 5.41) is 10.2. The van der Waals surface area contributed by atoms with Gasteiger partial charge in [-0.2, -0.15) is 0 Å².